The van der Waals surface area contributed by atoms with E-state index in [0.29, 0.717) is 19.5 Å². The first-order valence-corrected chi connectivity index (χ1v) is 8.27. The second-order valence-electron chi connectivity index (χ2n) is 7.09. The molecule has 1 fully saturated rings. The van der Waals surface area contributed by atoms with Crippen LogP contribution >= 0.6 is 24.0 Å². The molecule has 9 heteroatoms. The van der Waals surface area contributed by atoms with Crippen LogP contribution in [0, 0.1) is 0 Å². The normalized spacial score (nSPS) is 17.6. The zero-order valence-electron chi connectivity index (χ0n) is 16.1. The summed E-state index contributed by atoms with van der Waals surface area (Å²) >= 11 is 0. The van der Waals surface area contributed by atoms with E-state index < -0.39 is 11.7 Å². The number of carbonyl (C=O) groups excluding carboxylic acids is 2. The number of hydrogen-bond acceptors (Lipinski definition) is 4. The fourth-order valence-corrected chi connectivity index (χ4v) is 2.38. The summed E-state index contributed by atoms with van der Waals surface area (Å²) in [5.41, 5.74) is -0.501. The highest BCUT2D eigenvalue weighted by Gasteiger charge is 2.27. The molecule has 0 bridgehead atoms. The van der Waals surface area contributed by atoms with Crippen LogP contribution in [0.1, 0.15) is 33.6 Å². The number of nitrogens with zero attached hydrogens (tertiary/aromatic N) is 3. The quantitative estimate of drug-likeness (QED) is 0.368. The summed E-state index contributed by atoms with van der Waals surface area (Å²) in [6.45, 7) is 7.52. The molecule has 0 aliphatic carbocycles. The standard InChI is InChI=1S/C16H31N5O3.HI/c1-16(2,3)24-15(23)19-12-8-10-21(11-12)14(17-4)18-9-7-13(22)20(5)6;/h12H,7-11H2,1-6H3,(H,17,18)(H,19,23);1H. The van der Waals surface area contributed by atoms with Gasteiger partial charge >= 0.3 is 6.09 Å². The fourth-order valence-electron chi connectivity index (χ4n) is 2.38. The lowest BCUT2D eigenvalue weighted by Crippen LogP contribution is -2.44. The van der Waals surface area contributed by atoms with Crippen molar-refractivity contribution in [2.45, 2.75) is 45.3 Å². The summed E-state index contributed by atoms with van der Waals surface area (Å²) in [4.78, 5) is 31.3. The van der Waals surface area contributed by atoms with Crippen molar-refractivity contribution in [2.75, 3.05) is 40.8 Å². The maximum absolute atomic E-state index is 11.8. The third kappa shape index (κ3) is 9.13. The van der Waals surface area contributed by atoms with Gasteiger partial charge in [0.1, 0.15) is 5.60 Å². The van der Waals surface area contributed by atoms with Crippen molar-refractivity contribution in [2.24, 2.45) is 4.99 Å². The van der Waals surface area contributed by atoms with Crippen molar-refractivity contribution in [1.29, 1.82) is 0 Å². The van der Waals surface area contributed by atoms with Crippen molar-refractivity contribution >= 4 is 41.9 Å². The van der Waals surface area contributed by atoms with Crippen LogP contribution < -0.4 is 10.6 Å². The van der Waals surface area contributed by atoms with Gasteiger partial charge in [0, 0.05) is 47.2 Å². The minimum absolute atomic E-state index is 0. The van der Waals surface area contributed by atoms with Gasteiger partial charge in [-0.05, 0) is 27.2 Å². The van der Waals surface area contributed by atoms with Crippen molar-refractivity contribution in [3.05, 3.63) is 0 Å². The van der Waals surface area contributed by atoms with Gasteiger partial charge in [0.25, 0.3) is 0 Å². The van der Waals surface area contributed by atoms with E-state index in [-0.39, 0.29) is 35.9 Å². The zero-order chi connectivity index (χ0) is 18.3. The molecule has 25 heavy (non-hydrogen) atoms. The Labute approximate surface area is 167 Å². The molecule has 0 radical (unpaired) electrons. The molecule has 0 spiro atoms. The highest BCUT2D eigenvalue weighted by atomic mass is 127. The number of amides is 2. The van der Waals surface area contributed by atoms with Crippen LogP contribution in [-0.4, -0.2) is 80.2 Å². The number of halogens is 1. The highest BCUT2D eigenvalue weighted by molar-refractivity contribution is 14.0. The second-order valence-corrected chi connectivity index (χ2v) is 7.09. The second kappa shape index (κ2) is 10.7. The predicted octanol–water partition coefficient (Wildman–Crippen LogP) is 1.26. The molecule has 146 valence electrons. The van der Waals surface area contributed by atoms with Gasteiger partial charge in [-0.15, -0.1) is 24.0 Å². The van der Waals surface area contributed by atoms with E-state index in [1.54, 1.807) is 26.0 Å². The summed E-state index contributed by atoms with van der Waals surface area (Å²) in [6, 6.07) is 0.0295. The summed E-state index contributed by atoms with van der Waals surface area (Å²) < 4.78 is 5.28. The number of guanidine groups is 1. The minimum atomic E-state index is -0.501. The monoisotopic (exact) mass is 469 g/mol. The van der Waals surface area contributed by atoms with E-state index in [2.05, 4.69) is 20.5 Å². The molecule has 0 aromatic heterocycles. The van der Waals surface area contributed by atoms with E-state index in [9.17, 15) is 9.59 Å². The van der Waals surface area contributed by atoms with Gasteiger partial charge in [0.2, 0.25) is 5.91 Å². The van der Waals surface area contributed by atoms with Crippen molar-refractivity contribution < 1.29 is 14.3 Å². The van der Waals surface area contributed by atoms with Crippen LogP contribution in [0.25, 0.3) is 0 Å². The first kappa shape index (κ1) is 23.7. The van der Waals surface area contributed by atoms with E-state index in [1.807, 2.05) is 20.8 Å². The molecule has 1 saturated heterocycles. The van der Waals surface area contributed by atoms with Crippen LogP contribution in [0.3, 0.4) is 0 Å². The SMILES string of the molecule is CN=C(NCCC(=O)N(C)C)N1CCC(NC(=O)OC(C)(C)C)C1.I. The number of nitrogens with one attached hydrogen (secondary N) is 2. The molecule has 1 aliphatic rings. The Bertz CT molecular complexity index is 477. The smallest absolute Gasteiger partial charge is 0.407 e. The van der Waals surface area contributed by atoms with E-state index in [4.69, 9.17) is 4.74 Å². The van der Waals surface area contributed by atoms with Crippen molar-refractivity contribution in [1.82, 2.24) is 20.4 Å². The number of hydrogen-bond donors (Lipinski definition) is 2. The number of ether oxygens (including phenoxy) is 1. The Morgan fingerprint density at radius 3 is 2.48 bits per heavy atom. The maximum atomic E-state index is 11.8. The fraction of sp³-hybridized carbons (Fsp3) is 0.812. The van der Waals surface area contributed by atoms with Crippen LogP contribution in [0.5, 0.6) is 0 Å². The number of carbonyl (C=O) groups is 2. The lowest BCUT2D eigenvalue weighted by molar-refractivity contribution is -0.128. The first-order valence-electron chi connectivity index (χ1n) is 8.27. The van der Waals surface area contributed by atoms with Gasteiger partial charge in [0.05, 0.1) is 6.04 Å². The van der Waals surface area contributed by atoms with Gasteiger partial charge < -0.3 is 25.2 Å². The van der Waals surface area contributed by atoms with E-state index >= 15 is 0 Å². The number of aliphatic imine (C=N–C) groups is 1. The number of rotatable bonds is 4. The average molecular weight is 469 g/mol. The summed E-state index contributed by atoms with van der Waals surface area (Å²) in [5, 5.41) is 6.08. The Kier molecular flexibility index (Phi) is 10.1. The molecule has 1 unspecified atom stereocenters. The molecule has 0 aromatic rings. The topological polar surface area (TPSA) is 86.3 Å². The largest absolute Gasteiger partial charge is 0.444 e. The van der Waals surface area contributed by atoms with E-state index in [0.717, 1.165) is 18.9 Å². The van der Waals surface area contributed by atoms with E-state index in [1.165, 1.54) is 0 Å². The lowest BCUT2D eigenvalue weighted by Gasteiger charge is -2.23. The third-order valence-electron chi connectivity index (χ3n) is 3.54. The summed E-state index contributed by atoms with van der Waals surface area (Å²) in [5.74, 6) is 0.818. The molecule has 0 aromatic carbocycles. The van der Waals surface area contributed by atoms with Gasteiger partial charge in [0.15, 0.2) is 5.96 Å². The minimum Gasteiger partial charge on any atom is -0.444 e. The molecule has 1 atom stereocenters. The maximum Gasteiger partial charge on any atom is 0.407 e. The first-order chi connectivity index (χ1) is 11.1. The number of likely N-dealkylation sites (tertiary alicyclic amines) is 1. The van der Waals surface area contributed by atoms with Gasteiger partial charge in [-0.3, -0.25) is 9.79 Å². The van der Waals surface area contributed by atoms with Gasteiger partial charge in [-0.1, -0.05) is 0 Å². The van der Waals surface area contributed by atoms with Crippen LogP contribution in [-0.2, 0) is 9.53 Å². The molecule has 2 N–H and O–H groups in total. The molecule has 1 rings (SSSR count). The van der Waals surface area contributed by atoms with Gasteiger partial charge in [-0.2, -0.15) is 0 Å². The van der Waals surface area contributed by atoms with Crippen molar-refractivity contribution in [3.63, 3.8) is 0 Å². The van der Waals surface area contributed by atoms with Crippen LogP contribution in [0.15, 0.2) is 4.99 Å². The van der Waals surface area contributed by atoms with Crippen LogP contribution in [0.4, 0.5) is 4.79 Å². The molecule has 0 saturated carbocycles. The molecular formula is C16H32IN5O3. The zero-order valence-corrected chi connectivity index (χ0v) is 18.4. The lowest BCUT2D eigenvalue weighted by atomic mass is 10.2. The highest BCUT2D eigenvalue weighted by Crippen LogP contribution is 2.12. The third-order valence-corrected chi connectivity index (χ3v) is 3.54. The van der Waals surface area contributed by atoms with Crippen molar-refractivity contribution in [3.8, 4) is 0 Å². The molecule has 8 nitrogen and oxygen atoms in total. The predicted molar refractivity (Wildman–Crippen MR) is 109 cm³/mol. The number of alkyl carbamates (subject to hydrolysis) is 1. The molecule has 2 amide bonds. The molecule has 1 heterocycles. The Hall–Kier alpha value is -1.26. The summed E-state index contributed by atoms with van der Waals surface area (Å²) in [6.07, 6.45) is 0.851. The molecular weight excluding hydrogens is 437 g/mol. The molecule has 1 aliphatic heterocycles. The Morgan fingerprint density at radius 1 is 1.32 bits per heavy atom. The Morgan fingerprint density at radius 2 is 1.96 bits per heavy atom. The summed E-state index contributed by atoms with van der Waals surface area (Å²) in [7, 11) is 5.19. The average Bonchev–Trinajstić information content (AvgIpc) is 2.89. The van der Waals surface area contributed by atoms with Gasteiger partial charge in [-0.25, -0.2) is 4.79 Å². The Balaban J connectivity index is 0.00000576. The van der Waals surface area contributed by atoms with Crippen LogP contribution in [0.2, 0.25) is 0 Å².